The first-order chi connectivity index (χ1) is 15.2. The van der Waals surface area contributed by atoms with E-state index in [0.29, 0.717) is 22.9 Å². The standard InChI is InChI=1S/C24H21N5O2/c1-17-10-11-18(28-23(30)20-8-3-4-9-22(20)31-2)15-21(17)29(19-7-5-12-25-16-19)24-26-13-6-14-27-24/h3-16H,1-2H3,(H,28,30). The number of pyridine rings is 1. The number of aryl methyl sites for hydroxylation is 1. The van der Waals surface area contributed by atoms with Crippen LogP contribution >= 0.6 is 0 Å². The molecular formula is C24H21N5O2. The zero-order chi connectivity index (χ0) is 21.6. The average molecular weight is 411 g/mol. The van der Waals surface area contributed by atoms with Crippen molar-refractivity contribution in [1.82, 2.24) is 15.0 Å². The summed E-state index contributed by atoms with van der Waals surface area (Å²) in [5.74, 6) is 0.768. The number of methoxy groups -OCH3 is 1. The number of nitrogens with one attached hydrogen (secondary N) is 1. The van der Waals surface area contributed by atoms with Gasteiger partial charge < -0.3 is 10.1 Å². The van der Waals surface area contributed by atoms with Crippen LogP contribution in [0.1, 0.15) is 15.9 Å². The number of hydrogen-bond acceptors (Lipinski definition) is 6. The highest BCUT2D eigenvalue weighted by Crippen LogP contribution is 2.35. The van der Waals surface area contributed by atoms with Crippen molar-refractivity contribution in [3.05, 3.63) is 96.6 Å². The number of para-hydroxylation sites is 1. The molecule has 0 aliphatic carbocycles. The Hall–Kier alpha value is -4.26. The van der Waals surface area contributed by atoms with Crippen molar-refractivity contribution in [2.75, 3.05) is 17.3 Å². The Morgan fingerprint density at radius 3 is 2.52 bits per heavy atom. The molecule has 0 fully saturated rings. The Labute approximate surface area is 180 Å². The van der Waals surface area contributed by atoms with Gasteiger partial charge >= 0.3 is 0 Å². The summed E-state index contributed by atoms with van der Waals surface area (Å²) in [7, 11) is 1.54. The predicted molar refractivity (Wildman–Crippen MR) is 120 cm³/mol. The van der Waals surface area contributed by atoms with E-state index >= 15 is 0 Å². The fraction of sp³-hybridized carbons (Fsp3) is 0.0833. The van der Waals surface area contributed by atoms with E-state index in [2.05, 4.69) is 20.3 Å². The summed E-state index contributed by atoms with van der Waals surface area (Å²) >= 11 is 0. The third-order valence-corrected chi connectivity index (χ3v) is 4.72. The second-order valence-corrected chi connectivity index (χ2v) is 6.75. The number of carbonyl (C=O) groups excluding carboxylic acids is 1. The van der Waals surface area contributed by atoms with Gasteiger partial charge in [-0.05, 0) is 55.0 Å². The molecule has 4 aromatic rings. The minimum absolute atomic E-state index is 0.254. The SMILES string of the molecule is COc1ccccc1C(=O)Nc1ccc(C)c(N(c2cccnc2)c2ncccn2)c1. The van der Waals surface area contributed by atoms with E-state index in [-0.39, 0.29) is 5.91 Å². The molecule has 2 aromatic heterocycles. The Balaban J connectivity index is 1.73. The topological polar surface area (TPSA) is 80.2 Å². The van der Waals surface area contributed by atoms with Crippen LogP contribution in [0.2, 0.25) is 0 Å². The fourth-order valence-corrected chi connectivity index (χ4v) is 3.21. The molecule has 4 rings (SSSR count). The molecule has 7 heteroatoms. The number of benzene rings is 2. The van der Waals surface area contributed by atoms with E-state index < -0.39 is 0 Å². The number of aromatic nitrogens is 3. The van der Waals surface area contributed by atoms with Gasteiger partial charge in [-0.15, -0.1) is 0 Å². The van der Waals surface area contributed by atoms with Crippen molar-refractivity contribution in [2.24, 2.45) is 0 Å². The molecule has 0 aliphatic heterocycles. The molecule has 1 N–H and O–H groups in total. The van der Waals surface area contributed by atoms with Gasteiger partial charge in [0.2, 0.25) is 5.95 Å². The summed E-state index contributed by atoms with van der Waals surface area (Å²) in [5, 5.41) is 2.96. The summed E-state index contributed by atoms with van der Waals surface area (Å²) in [6.07, 6.45) is 6.84. The number of anilines is 4. The monoisotopic (exact) mass is 411 g/mol. The van der Waals surface area contributed by atoms with Crippen LogP contribution in [-0.4, -0.2) is 28.0 Å². The van der Waals surface area contributed by atoms with Crippen LogP contribution in [0.15, 0.2) is 85.5 Å². The van der Waals surface area contributed by atoms with Crippen molar-refractivity contribution in [3.8, 4) is 5.75 Å². The maximum atomic E-state index is 12.9. The Kier molecular flexibility index (Phi) is 5.84. The lowest BCUT2D eigenvalue weighted by Gasteiger charge is -2.24. The second kappa shape index (κ2) is 9.04. The Bertz CT molecular complexity index is 1140. The van der Waals surface area contributed by atoms with Gasteiger partial charge in [-0.25, -0.2) is 9.97 Å². The molecule has 1 amide bonds. The highest BCUT2D eigenvalue weighted by atomic mass is 16.5. The number of amides is 1. The van der Waals surface area contributed by atoms with Gasteiger partial charge in [-0.1, -0.05) is 18.2 Å². The van der Waals surface area contributed by atoms with Crippen LogP contribution in [0, 0.1) is 6.92 Å². The minimum Gasteiger partial charge on any atom is -0.496 e. The predicted octanol–water partition coefficient (Wildman–Crippen LogP) is 4.91. The third kappa shape index (κ3) is 4.35. The highest BCUT2D eigenvalue weighted by Gasteiger charge is 2.18. The van der Waals surface area contributed by atoms with Crippen LogP contribution in [0.25, 0.3) is 0 Å². The van der Waals surface area contributed by atoms with Crippen LogP contribution < -0.4 is 15.0 Å². The van der Waals surface area contributed by atoms with Crippen LogP contribution in [0.5, 0.6) is 5.75 Å². The molecule has 2 heterocycles. The quantitative estimate of drug-likeness (QED) is 0.486. The molecule has 0 saturated heterocycles. The van der Waals surface area contributed by atoms with E-state index in [1.807, 2.05) is 48.2 Å². The number of hydrogen-bond donors (Lipinski definition) is 1. The van der Waals surface area contributed by atoms with E-state index in [9.17, 15) is 4.79 Å². The number of nitrogens with zero attached hydrogens (tertiary/aromatic N) is 4. The zero-order valence-electron chi connectivity index (χ0n) is 17.2. The van der Waals surface area contributed by atoms with E-state index in [1.165, 1.54) is 0 Å². The molecule has 0 aliphatic rings. The van der Waals surface area contributed by atoms with Crippen molar-refractivity contribution >= 4 is 28.9 Å². The minimum atomic E-state index is -0.254. The van der Waals surface area contributed by atoms with Gasteiger partial charge in [-0.2, -0.15) is 0 Å². The zero-order valence-corrected chi connectivity index (χ0v) is 17.2. The van der Waals surface area contributed by atoms with Gasteiger partial charge in [0.1, 0.15) is 5.75 Å². The lowest BCUT2D eigenvalue weighted by Crippen LogP contribution is -2.16. The van der Waals surface area contributed by atoms with Gasteiger partial charge in [0.25, 0.3) is 5.91 Å². The second-order valence-electron chi connectivity index (χ2n) is 6.75. The molecule has 7 nitrogen and oxygen atoms in total. The van der Waals surface area contributed by atoms with Crippen molar-refractivity contribution in [3.63, 3.8) is 0 Å². The molecule has 31 heavy (non-hydrogen) atoms. The lowest BCUT2D eigenvalue weighted by molar-refractivity contribution is 0.102. The Morgan fingerprint density at radius 2 is 1.77 bits per heavy atom. The largest absolute Gasteiger partial charge is 0.496 e. The number of carbonyl (C=O) groups is 1. The summed E-state index contributed by atoms with van der Waals surface area (Å²) in [6.45, 7) is 1.99. The molecule has 0 radical (unpaired) electrons. The molecule has 2 aromatic carbocycles. The van der Waals surface area contributed by atoms with Crippen LogP contribution in [-0.2, 0) is 0 Å². The van der Waals surface area contributed by atoms with Crippen LogP contribution in [0.4, 0.5) is 23.0 Å². The van der Waals surface area contributed by atoms with Crippen molar-refractivity contribution < 1.29 is 9.53 Å². The average Bonchev–Trinajstić information content (AvgIpc) is 2.82. The third-order valence-electron chi connectivity index (χ3n) is 4.72. The molecule has 154 valence electrons. The van der Waals surface area contributed by atoms with Gasteiger partial charge in [0.05, 0.1) is 30.2 Å². The molecule has 0 bridgehead atoms. The first kappa shape index (κ1) is 20.0. The van der Waals surface area contributed by atoms with E-state index in [4.69, 9.17) is 4.74 Å². The smallest absolute Gasteiger partial charge is 0.259 e. The molecular weight excluding hydrogens is 390 g/mol. The summed E-state index contributed by atoms with van der Waals surface area (Å²) in [4.78, 5) is 27.8. The molecule has 0 unspecified atom stereocenters. The van der Waals surface area contributed by atoms with Crippen molar-refractivity contribution in [2.45, 2.75) is 6.92 Å². The normalized spacial score (nSPS) is 10.4. The van der Waals surface area contributed by atoms with E-state index in [1.54, 1.807) is 56.2 Å². The highest BCUT2D eigenvalue weighted by molar-refractivity contribution is 6.06. The molecule has 0 saturated carbocycles. The summed E-state index contributed by atoms with van der Waals surface area (Å²) < 4.78 is 5.31. The van der Waals surface area contributed by atoms with Gasteiger partial charge in [0, 0.05) is 24.3 Å². The first-order valence-corrected chi connectivity index (χ1v) is 9.69. The van der Waals surface area contributed by atoms with Crippen LogP contribution in [0.3, 0.4) is 0 Å². The molecule has 0 spiro atoms. The van der Waals surface area contributed by atoms with Gasteiger partial charge in [-0.3, -0.25) is 14.7 Å². The maximum Gasteiger partial charge on any atom is 0.259 e. The fourth-order valence-electron chi connectivity index (χ4n) is 3.21. The maximum absolute atomic E-state index is 12.9. The number of ether oxygens (including phenoxy) is 1. The van der Waals surface area contributed by atoms with E-state index in [0.717, 1.165) is 16.9 Å². The summed E-state index contributed by atoms with van der Waals surface area (Å²) in [5.41, 5.74) is 3.73. The Morgan fingerprint density at radius 1 is 0.968 bits per heavy atom. The first-order valence-electron chi connectivity index (χ1n) is 9.69. The lowest BCUT2D eigenvalue weighted by atomic mass is 10.1. The number of rotatable bonds is 6. The van der Waals surface area contributed by atoms with Crippen molar-refractivity contribution in [1.29, 1.82) is 0 Å². The van der Waals surface area contributed by atoms with Gasteiger partial charge in [0.15, 0.2) is 0 Å². The molecule has 0 atom stereocenters. The summed E-state index contributed by atoms with van der Waals surface area (Å²) in [6, 6.07) is 18.4.